The molecular formula is C19H19ClN4O3. The van der Waals surface area contributed by atoms with Crippen molar-refractivity contribution in [2.75, 3.05) is 11.4 Å². The first-order chi connectivity index (χ1) is 12.9. The molecule has 1 aromatic heterocycles. The van der Waals surface area contributed by atoms with Crippen LogP contribution in [0.2, 0.25) is 5.02 Å². The molecule has 7 nitrogen and oxygen atoms in total. The van der Waals surface area contributed by atoms with Crippen molar-refractivity contribution in [1.82, 2.24) is 15.3 Å². The van der Waals surface area contributed by atoms with Crippen molar-refractivity contribution in [3.63, 3.8) is 0 Å². The Labute approximate surface area is 161 Å². The smallest absolute Gasteiger partial charge is 0.328 e. The lowest BCUT2D eigenvalue weighted by Gasteiger charge is -2.16. The van der Waals surface area contributed by atoms with Crippen LogP contribution in [0, 0.1) is 6.92 Å². The number of Topliss-reactive ketones (excluding diaryl/α,β-unsaturated/α-hetero) is 1. The van der Waals surface area contributed by atoms with Gasteiger partial charge in [0.15, 0.2) is 5.78 Å². The summed E-state index contributed by atoms with van der Waals surface area (Å²) in [6.07, 6.45) is 4.50. The highest BCUT2D eigenvalue weighted by Crippen LogP contribution is 2.40. The van der Waals surface area contributed by atoms with Crippen LogP contribution in [-0.4, -0.2) is 34.2 Å². The number of fused-ring (bicyclic) bond motifs is 1. The number of hydrogen-bond donors (Lipinski definition) is 1. The van der Waals surface area contributed by atoms with Crippen molar-refractivity contribution in [2.45, 2.75) is 32.6 Å². The van der Waals surface area contributed by atoms with Gasteiger partial charge in [0.2, 0.25) is 0 Å². The van der Waals surface area contributed by atoms with E-state index in [9.17, 15) is 14.4 Å². The van der Waals surface area contributed by atoms with Gasteiger partial charge < -0.3 is 5.32 Å². The molecule has 2 aromatic rings. The summed E-state index contributed by atoms with van der Waals surface area (Å²) in [7, 11) is 0. The third-order valence-corrected chi connectivity index (χ3v) is 4.55. The number of anilines is 1. The Morgan fingerprint density at radius 1 is 1.26 bits per heavy atom. The number of urea groups is 1. The fourth-order valence-corrected chi connectivity index (χ4v) is 3.10. The SMILES string of the molecule is CCCCNC(=O)N1C(=O)C(C(=O)c2cnc(C)cn2)c2cc(Cl)ccc21. The molecule has 1 unspecified atom stereocenters. The molecule has 0 fully saturated rings. The molecular weight excluding hydrogens is 368 g/mol. The number of hydrogen-bond acceptors (Lipinski definition) is 5. The van der Waals surface area contributed by atoms with E-state index in [1.165, 1.54) is 18.5 Å². The highest BCUT2D eigenvalue weighted by Gasteiger charge is 2.45. The van der Waals surface area contributed by atoms with E-state index < -0.39 is 23.6 Å². The monoisotopic (exact) mass is 386 g/mol. The lowest BCUT2D eigenvalue weighted by molar-refractivity contribution is -0.117. The maximum atomic E-state index is 13.0. The van der Waals surface area contributed by atoms with Crippen LogP contribution >= 0.6 is 11.6 Å². The minimum Gasteiger partial charge on any atom is -0.337 e. The fourth-order valence-electron chi connectivity index (χ4n) is 2.92. The summed E-state index contributed by atoms with van der Waals surface area (Å²) in [4.78, 5) is 47.6. The van der Waals surface area contributed by atoms with Crippen LogP contribution in [0.5, 0.6) is 0 Å². The highest BCUT2D eigenvalue weighted by molar-refractivity contribution is 6.33. The molecule has 1 aliphatic heterocycles. The molecule has 140 valence electrons. The Kier molecular flexibility index (Phi) is 5.51. The maximum absolute atomic E-state index is 13.0. The molecule has 27 heavy (non-hydrogen) atoms. The van der Waals surface area contributed by atoms with Gasteiger partial charge in [-0.1, -0.05) is 24.9 Å². The number of imide groups is 1. The van der Waals surface area contributed by atoms with Crippen molar-refractivity contribution in [3.05, 3.63) is 52.6 Å². The lowest BCUT2D eigenvalue weighted by atomic mass is 9.94. The minimum atomic E-state index is -1.17. The van der Waals surface area contributed by atoms with Gasteiger partial charge in [0.1, 0.15) is 11.6 Å². The summed E-state index contributed by atoms with van der Waals surface area (Å²) in [6.45, 7) is 4.20. The normalized spacial score (nSPS) is 15.6. The topological polar surface area (TPSA) is 92.3 Å². The summed E-state index contributed by atoms with van der Waals surface area (Å²) in [6, 6.07) is 4.14. The fraction of sp³-hybridized carbons (Fsp3) is 0.316. The summed E-state index contributed by atoms with van der Waals surface area (Å²) < 4.78 is 0. The first-order valence-electron chi connectivity index (χ1n) is 8.68. The van der Waals surface area contributed by atoms with Gasteiger partial charge in [-0.25, -0.2) is 14.7 Å². The van der Waals surface area contributed by atoms with Gasteiger partial charge in [0.25, 0.3) is 5.91 Å². The van der Waals surface area contributed by atoms with Crippen molar-refractivity contribution in [2.24, 2.45) is 0 Å². The van der Waals surface area contributed by atoms with Crippen LogP contribution < -0.4 is 10.2 Å². The van der Waals surface area contributed by atoms with Gasteiger partial charge in [-0.2, -0.15) is 0 Å². The summed E-state index contributed by atoms with van der Waals surface area (Å²) in [5.41, 5.74) is 1.48. The average Bonchev–Trinajstić information content (AvgIpc) is 2.93. The Balaban J connectivity index is 1.97. The zero-order valence-corrected chi connectivity index (χ0v) is 15.8. The molecule has 1 N–H and O–H groups in total. The Hall–Kier alpha value is -2.80. The van der Waals surface area contributed by atoms with Crippen LogP contribution in [0.15, 0.2) is 30.6 Å². The number of nitrogens with one attached hydrogen (secondary N) is 1. The molecule has 2 heterocycles. The van der Waals surface area contributed by atoms with Gasteiger partial charge >= 0.3 is 6.03 Å². The number of nitrogens with zero attached hydrogens (tertiary/aromatic N) is 3. The predicted molar refractivity (Wildman–Crippen MR) is 101 cm³/mol. The van der Waals surface area contributed by atoms with E-state index in [1.807, 2.05) is 6.92 Å². The van der Waals surface area contributed by atoms with Gasteiger partial charge in [0, 0.05) is 17.8 Å². The number of rotatable bonds is 5. The molecule has 0 radical (unpaired) electrons. The van der Waals surface area contributed by atoms with E-state index >= 15 is 0 Å². The molecule has 1 aromatic carbocycles. The first kappa shape index (κ1) is 19.0. The summed E-state index contributed by atoms with van der Waals surface area (Å²) in [5.74, 6) is -2.30. The largest absolute Gasteiger partial charge is 0.337 e. The number of benzene rings is 1. The number of carbonyl (C=O) groups excluding carboxylic acids is 3. The van der Waals surface area contributed by atoms with Crippen LogP contribution in [0.1, 0.15) is 47.4 Å². The van der Waals surface area contributed by atoms with E-state index in [4.69, 9.17) is 11.6 Å². The van der Waals surface area contributed by atoms with E-state index in [1.54, 1.807) is 19.1 Å². The Bertz CT molecular complexity index is 898. The summed E-state index contributed by atoms with van der Waals surface area (Å²) in [5, 5.41) is 3.09. The van der Waals surface area contributed by atoms with E-state index in [0.29, 0.717) is 28.5 Å². The van der Waals surface area contributed by atoms with Crippen LogP contribution in [0.25, 0.3) is 0 Å². The third kappa shape index (κ3) is 3.68. The van der Waals surface area contributed by atoms with Gasteiger partial charge in [-0.15, -0.1) is 0 Å². The number of ketones is 1. The molecule has 1 aliphatic rings. The van der Waals surface area contributed by atoms with Gasteiger partial charge in [-0.3, -0.25) is 14.6 Å². The second kappa shape index (κ2) is 7.84. The zero-order chi connectivity index (χ0) is 19.6. The number of aryl methyl sites for hydroxylation is 1. The number of unbranched alkanes of at least 4 members (excludes halogenated alkanes) is 1. The lowest BCUT2D eigenvalue weighted by Crippen LogP contribution is -2.44. The van der Waals surface area contributed by atoms with E-state index in [2.05, 4.69) is 15.3 Å². The Morgan fingerprint density at radius 2 is 2.04 bits per heavy atom. The minimum absolute atomic E-state index is 0.0677. The van der Waals surface area contributed by atoms with Crippen molar-refractivity contribution < 1.29 is 14.4 Å². The summed E-state index contributed by atoms with van der Waals surface area (Å²) >= 11 is 6.07. The number of halogens is 1. The molecule has 3 amide bonds. The third-order valence-electron chi connectivity index (χ3n) is 4.31. The quantitative estimate of drug-likeness (QED) is 0.483. The van der Waals surface area contributed by atoms with Crippen LogP contribution in [0.4, 0.5) is 10.5 Å². The maximum Gasteiger partial charge on any atom is 0.328 e. The second-order valence-electron chi connectivity index (χ2n) is 6.30. The number of aromatic nitrogens is 2. The molecule has 0 saturated carbocycles. The highest BCUT2D eigenvalue weighted by atomic mass is 35.5. The molecule has 1 atom stereocenters. The number of amides is 3. The molecule has 3 rings (SSSR count). The van der Waals surface area contributed by atoms with Crippen LogP contribution in [0.3, 0.4) is 0 Å². The standard InChI is InChI=1S/C19H19ClN4O3/c1-3-4-7-21-19(27)24-15-6-5-12(20)8-13(15)16(18(24)26)17(25)14-10-22-11(2)9-23-14/h5-6,8-10,16H,3-4,7H2,1-2H3,(H,21,27). The second-order valence-corrected chi connectivity index (χ2v) is 6.74. The van der Waals surface area contributed by atoms with Gasteiger partial charge in [-0.05, 0) is 37.1 Å². The molecule has 0 aliphatic carbocycles. The first-order valence-corrected chi connectivity index (χ1v) is 9.06. The molecule has 0 bridgehead atoms. The molecule has 8 heteroatoms. The molecule has 0 spiro atoms. The van der Waals surface area contributed by atoms with Crippen LogP contribution in [-0.2, 0) is 4.79 Å². The number of carbonyl (C=O) groups is 3. The molecule has 0 saturated heterocycles. The van der Waals surface area contributed by atoms with Crippen molar-refractivity contribution in [1.29, 1.82) is 0 Å². The Morgan fingerprint density at radius 3 is 2.70 bits per heavy atom. The van der Waals surface area contributed by atoms with Crippen molar-refractivity contribution >= 4 is 35.0 Å². The van der Waals surface area contributed by atoms with Crippen molar-refractivity contribution in [3.8, 4) is 0 Å². The average molecular weight is 387 g/mol. The zero-order valence-electron chi connectivity index (χ0n) is 15.0. The van der Waals surface area contributed by atoms with E-state index in [0.717, 1.165) is 17.7 Å². The predicted octanol–water partition coefficient (Wildman–Crippen LogP) is 3.26. The van der Waals surface area contributed by atoms with E-state index in [-0.39, 0.29) is 5.69 Å². The van der Waals surface area contributed by atoms with Gasteiger partial charge in [0.05, 0.1) is 17.6 Å².